The molecule has 0 aliphatic carbocycles. The monoisotopic (exact) mass is 261 g/mol. The number of nitrogens with one attached hydrogen (secondary N) is 1. The minimum absolute atomic E-state index is 0.0568. The Hall–Kier alpha value is -0.690. The normalized spacial score (nSPS) is 23.6. The first kappa shape index (κ1) is 15.4. The highest BCUT2D eigenvalue weighted by molar-refractivity contribution is 5.81. The lowest BCUT2D eigenvalue weighted by atomic mass is 10.0. The van der Waals surface area contributed by atoms with Crippen LogP contribution in [0.1, 0.15) is 13.3 Å². The van der Waals surface area contributed by atoms with E-state index in [1.807, 2.05) is 6.92 Å². The third-order valence-electron chi connectivity index (χ3n) is 2.97. The third kappa shape index (κ3) is 4.89. The highest BCUT2D eigenvalue weighted by atomic mass is 16.7. The molecule has 0 radical (unpaired) electrons. The first-order chi connectivity index (χ1) is 8.69. The molecule has 0 spiro atoms. The van der Waals surface area contributed by atoms with Gasteiger partial charge in [0.25, 0.3) is 0 Å². The summed E-state index contributed by atoms with van der Waals surface area (Å²) in [5.41, 5.74) is 0. The number of rotatable bonds is 8. The van der Waals surface area contributed by atoms with Gasteiger partial charge in [0, 0.05) is 27.4 Å². The van der Waals surface area contributed by atoms with E-state index in [2.05, 4.69) is 5.32 Å². The van der Waals surface area contributed by atoms with Gasteiger partial charge in [-0.05, 0) is 12.3 Å². The summed E-state index contributed by atoms with van der Waals surface area (Å²) in [6.07, 6.45) is 0.271. The summed E-state index contributed by atoms with van der Waals surface area (Å²) < 4.78 is 20.6. The van der Waals surface area contributed by atoms with Crippen molar-refractivity contribution in [3.63, 3.8) is 0 Å². The van der Waals surface area contributed by atoms with Crippen LogP contribution in [0.4, 0.5) is 0 Å². The van der Waals surface area contributed by atoms with Crippen LogP contribution in [-0.4, -0.2) is 58.9 Å². The Labute approximate surface area is 108 Å². The molecule has 0 bridgehead atoms. The van der Waals surface area contributed by atoms with Gasteiger partial charge in [0.05, 0.1) is 13.2 Å². The molecule has 1 aliphatic heterocycles. The molecule has 1 aliphatic rings. The topological polar surface area (TPSA) is 66.0 Å². The van der Waals surface area contributed by atoms with Crippen LogP contribution in [0.15, 0.2) is 0 Å². The van der Waals surface area contributed by atoms with Gasteiger partial charge in [0.1, 0.15) is 6.10 Å². The molecule has 0 aromatic carbocycles. The van der Waals surface area contributed by atoms with Gasteiger partial charge in [-0.15, -0.1) is 0 Å². The van der Waals surface area contributed by atoms with Crippen molar-refractivity contribution in [2.45, 2.75) is 25.7 Å². The van der Waals surface area contributed by atoms with E-state index in [-0.39, 0.29) is 24.2 Å². The van der Waals surface area contributed by atoms with E-state index in [9.17, 15) is 4.79 Å². The molecule has 6 nitrogen and oxygen atoms in total. The molecule has 106 valence electrons. The molecule has 1 saturated heterocycles. The quantitative estimate of drug-likeness (QED) is 0.498. The number of hydrogen-bond donors (Lipinski definition) is 1. The Balaban J connectivity index is 2.05. The van der Waals surface area contributed by atoms with Gasteiger partial charge >= 0.3 is 0 Å². The number of ether oxygens (including phenoxy) is 4. The van der Waals surface area contributed by atoms with E-state index in [1.54, 1.807) is 14.2 Å². The maximum absolute atomic E-state index is 11.7. The highest BCUT2D eigenvalue weighted by Gasteiger charge is 2.30. The van der Waals surface area contributed by atoms with Gasteiger partial charge in [0.2, 0.25) is 5.91 Å². The predicted molar refractivity (Wildman–Crippen MR) is 65.2 cm³/mol. The maximum Gasteiger partial charge on any atom is 0.249 e. The van der Waals surface area contributed by atoms with E-state index in [1.165, 1.54) is 0 Å². The van der Waals surface area contributed by atoms with Gasteiger partial charge in [-0.25, -0.2) is 0 Å². The van der Waals surface area contributed by atoms with Gasteiger partial charge < -0.3 is 24.3 Å². The minimum Gasteiger partial charge on any atom is -0.374 e. The highest BCUT2D eigenvalue weighted by Crippen LogP contribution is 2.19. The average molecular weight is 261 g/mol. The van der Waals surface area contributed by atoms with Gasteiger partial charge in [-0.1, -0.05) is 6.92 Å². The number of methoxy groups -OCH3 is 2. The van der Waals surface area contributed by atoms with Crippen molar-refractivity contribution >= 4 is 5.91 Å². The van der Waals surface area contributed by atoms with Crippen LogP contribution in [0.2, 0.25) is 0 Å². The molecule has 1 heterocycles. The third-order valence-corrected chi connectivity index (χ3v) is 2.97. The molecule has 0 aromatic rings. The van der Waals surface area contributed by atoms with E-state index in [0.717, 1.165) is 6.42 Å². The van der Waals surface area contributed by atoms with Crippen LogP contribution in [0.3, 0.4) is 0 Å². The lowest BCUT2D eigenvalue weighted by molar-refractivity contribution is -0.141. The SMILES string of the molecule is COC(COCCNC(=O)[C@H]1OCC[C@H]1C)OC. The fourth-order valence-corrected chi connectivity index (χ4v) is 1.79. The van der Waals surface area contributed by atoms with E-state index in [4.69, 9.17) is 18.9 Å². The Morgan fingerprint density at radius 2 is 2.17 bits per heavy atom. The van der Waals surface area contributed by atoms with Crippen LogP contribution in [0, 0.1) is 5.92 Å². The van der Waals surface area contributed by atoms with Crippen LogP contribution in [-0.2, 0) is 23.7 Å². The smallest absolute Gasteiger partial charge is 0.249 e. The van der Waals surface area contributed by atoms with Crippen molar-refractivity contribution in [3.8, 4) is 0 Å². The van der Waals surface area contributed by atoms with Crippen LogP contribution in [0.25, 0.3) is 0 Å². The number of carbonyl (C=O) groups excluding carboxylic acids is 1. The van der Waals surface area contributed by atoms with Crippen LogP contribution in [0.5, 0.6) is 0 Å². The zero-order chi connectivity index (χ0) is 13.4. The van der Waals surface area contributed by atoms with Crippen molar-refractivity contribution in [1.29, 1.82) is 0 Å². The summed E-state index contributed by atoms with van der Waals surface area (Å²) in [4.78, 5) is 11.7. The van der Waals surface area contributed by atoms with E-state index < -0.39 is 0 Å². The first-order valence-corrected chi connectivity index (χ1v) is 6.21. The van der Waals surface area contributed by atoms with Crippen molar-refractivity contribution in [1.82, 2.24) is 5.32 Å². The van der Waals surface area contributed by atoms with Crippen LogP contribution < -0.4 is 5.32 Å². The molecule has 0 saturated carbocycles. The number of hydrogen-bond acceptors (Lipinski definition) is 5. The van der Waals surface area contributed by atoms with E-state index >= 15 is 0 Å². The van der Waals surface area contributed by atoms with Gasteiger partial charge in [0.15, 0.2) is 6.29 Å². The van der Waals surface area contributed by atoms with Crippen molar-refractivity contribution in [2.75, 3.05) is 40.6 Å². The molecule has 1 rings (SSSR count). The van der Waals surface area contributed by atoms with Crippen LogP contribution >= 0.6 is 0 Å². The average Bonchev–Trinajstić information content (AvgIpc) is 2.80. The molecule has 18 heavy (non-hydrogen) atoms. The Bertz CT molecular complexity index is 245. The lowest BCUT2D eigenvalue weighted by Crippen LogP contribution is -2.39. The molecule has 6 heteroatoms. The fourth-order valence-electron chi connectivity index (χ4n) is 1.79. The molecular weight excluding hydrogens is 238 g/mol. The van der Waals surface area contributed by atoms with Crippen molar-refractivity contribution < 1.29 is 23.7 Å². The Kier molecular flexibility index (Phi) is 7.19. The van der Waals surface area contributed by atoms with Gasteiger partial charge in [-0.2, -0.15) is 0 Å². The summed E-state index contributed by atoms with van der Waals surface area (Å²) in [7, 11) is 3.11. The predicted octanol–water partition coefficient (Wildman–Crippen LogP) is 0.163. The summed E-state index contributed by atoms with van der Waals surface area (Å²) in [5.74, 6) is 0.232. The second-order valence-electron chi connectivity index (χ2n) is 4.32. The molecule has 0 aromatic heterocycles. The molecule has 1 N–H and O–H groups in total. The molecule has 2 atom stereocenters. The zero-order valence-corrected chi connectivity index (χ0v) is 11.3. The standard InChI is InChI=1S/C12H23NO5/c1-9-4-6-18-11(9)12(14)13-5-7-17-8-10(15-2)16-3/h9-11H,4-8H2,1-3H3,(H,13,14)/t9-,11+/m1/s1. The number of carbonyl (C=O) groups is 1. The minimum atomic E-state index is -0.362. The summed E-state index contributed by atoms with van der Waals surface area (Å²) in [6.45, 7) is 3.93. The molecule has 1 fully saturated rings. The Morgan fingerprint density at radius 3 is 2.72 bits per heavy atom. The zero-order valence-electron chi connectivity index (χ0n) is 11.3. The molecule has 1 amide bonds. The number of amides is 1. The maximum atomic E-state index is 11.7. The summed E-state index contributed by atoms with van der Waals surface area (Å²) >= 11 is 0. The van der Waals surface area contributed by atoms with Crippen molar-refractivity contribution in [2.24, 2.45) is 5.92 Å². The largest absolute Gasteiger partial charge is 0.374 e. The second-order valence-corrected chi connectivity index (χ2v) is 4.32. The van der Waals surface area contributed by atoms with Crippen molar-refractivity contribution in [3.05, 3.63) is 0 Å². The molecular formula is C12H23NO5. The van der Waals surface area contributed by atoms with E-state index in [0.29, 0.717) is 26.4 Å². The summed E-state index contributed by atoms with van der Waals surface area (Å²) in [6, 6.07) is 0. The second kappa shape index (κ2) is 8.42. The fraction of sp³-hybridized carbons (Fsp3) is 0.917. The Morgan fingerprint density at radius 1 is 1.44 bits per heavy atom. The lowest BCUT2D eigenvalue weighted by Gasteiger charge is -2.16. The first-order valence-electron chi connectivity index (χ1n) is 6.21. The van der Waals surface area contributed by atoms with Gasteiger partial charge in [-0.3, -0.25) is 4.79 Å². The summed E-state index contributed by atoms with van der Waals surface area (Å²) in [5, 5.41) is 2.79. The molecule has 0 unspecified atom stereocenters.